The summed E-state index contributed by atoms with van der Waals surface area (Å²) >= 11 is 3.28. The molecule has 2 aromatic heterocycles. The normalized spacial score (nSPS) is 12.0. The molecule has 2 aromatic rings. The van der Waals surface area contributed by atoms with E-state index in [1.807, 2.05) is 20.8 Å². The molecule has 0 aliphatic heterocycles. The lowest BCUT2D eigenvalue weighted by molar-refractivity contribution is 0.545. The van der Waals surface area contributed by atoms with Crippen molar-refractivity contribution < 1.29 is 0 Å². The van der Waals surface area contributed by atoms with Crippen LogP contribution in [0.15, 0.2) is 21.5 Å². The Bertz CT molecular complexity index is 598. The lowest BCUT2D eigenvalue weighted by atomic mass is 9.96. The highest BCUT2D eigenvalue weighted by atomic mass is 79.9. The summed E-state index contributed by atoms with van der Waals surface area (Å²) in [6, 6.07) is 1.72. The monoisotopic (exact) mass is 281 g/mol. The van der Waals surface area contributed by atoms with Crippen LogP contribution >= 0.6 is 15.9 Å². The largest absolute Gasteiger partial charge is 0.309 e. The van der Waals surface area contributed by atoms with Crippen molar-refractivity contribution in [1.29, 1.82) is 0 Å². The van der Waals surface area contributed by atoms with Crippen molar-refractivity contribution in [2.75, 3.05) is 0 Å². The molecular formula is C11H12BrN3O. The summed E-state index contributed by atoms with van der Waals surface area (Å²) in [6.07, 6.45) is 1.64. The van der Waals surface area contributed by atoms with Crippen LogP contribution < -0.4 is 5.56 Å². The van der Waals surface area contributed by atoms with Crippen molar-refractivity contribution in [1.82, 2.24) is 15.0 Å². The third-order valence-electron chi connectivity index (χ3n) is 2.24. The molecule has 0 saturated heterocycles. The molecule has 0 atom stereocenters. The molecule has 0 unspecified atom stereocenters. The summed E-state index contributed by atoms with van der Waals surface area (Å²) in [5.74, 6) is 0.653. The minimum Gasteiger partial charge on any atom is -0.309 e. The third kappa shape index (κ3) is 2.00. The summed E-state index contributed by atoms with van der Waals surface area (Å²) in [7, 11) is 0. The maximum Gasteiger partial charge on any atom is 0.260 e. The quantitative estimate of drug-likeness (QED) is 0.807. The maximum atomic E-state index is 11.8. The number of hydrogen-bond acceptors (Lipinski definition) is 3. The Morgan fingerprint density at radius 3 is 2.69 bits per heavy atom. The van der Waals surface area contributed by atoms with E-state index in [1.165, 1.54) is 0 Å². The van der Waals surface area contributed by atoms with Gasteiger partial charge in [0, 0.05) is 16.1 Å². The van der Waals surface area contributed by atoms with Crippen LogP contribution in [0.3, 0.4) is 0 Å². The summed E-state index contributed by atoms with van der Waals surface area (Å²) < 4.78 is 0.774. The number of aromatic nitrogens is 3. The first kappa shape index (κ1) is 11.3. The highest BCUT2D eigenvalue weighted by Crippen LogP contribution is 2.19. The van der Waals surface area contributed by atoms with E-state index in [1.54, 1.807) is 12.3 Å². The van der Waals surface area contributed by atoms with Gasteiger partial charge in [0.05, 0.1) is 5.39 Å². The highest BCUT2D eigenvalue weighted by molar-refractivity contribution is 9.10. The first-order valence-electron chi connectivity index (χ1n) is 4.94. The van der Waals surface area contributed by atoms with Crippen LogP contribution in [0.4, 0.5) is 0 Å². The second kappa shape index (κ2) is 3.66. The van der Waals surface area contributed by atoms with Crippen molar-refractivity contribution in [2.24, 2.45) is 0 Å². The fourth-order valence-corrected chi connectivity index (χ4v) is 1.68. The maximum absolute atomic E-state index is 11.8. The Labute approximate surface area is 101 Å². The molecule has 1 N–H and O–H groups in total. The number of fused-ring (bicyclic) bond motifs is 1. The SMILES string of the molecule is CC(C)(C)c1nc2ncc(Br)cc2c(=O)[nH]1. The summed E-state index contributed by atoms with van der Waals surface area (Å²) in [5, 5.41) is 0.502. The number of aromatic amines is 1. The molecule has 2 rings (SSSR count). The first-order chi connectivity index (χ1) is 7.38. The predicted molar refractivity (Wildman–Crippen MR) is 66.6 cm³/mol. The Morgan fingerprint density at radius 2 is 2.06 bits per heavy atom. The van der Waals surface area contributed by atoms with Gasteiger partial charge in [-0.15, -0.1) is 0 Å². The lowest BCUT2D eigenvalue weighted by Gasteiger charge is -2.16. The standard InChI is InChI=1S/C11H12BrN3O/c1-11(2,3)10-14-8-7(9(16)15-10)4-6(12)5-13-8/h4-5H,1-3H3,(H,13,14,15,16). The van der Waals surface area contributed by atoms with Gasteiger partial charge in [0.1, 0.15) is 5.82 Å². The minimum absolute atomic E-state index is 0.149. The zero-order valence-electron chi connectivity index (χ0n) is 9.34. The third-order valence-corrected chi connectivity index (χ3v) is 2.67. The van der Waals surface area contributed by atoms with Crippen molar-refractivity contribution in [3.05, 3.63) is 32.9 Å². The topological polar surface area (TPSA) is 58.6 Å². The number of hydrogen-bond donors (Lipinski definition) is 1. The molecule has 0 fully saturated rings. The van der Waals surface area contributed by atoms with Crippen LogP contribution in [0.2, 0.25) is 0 Å². The van der Waals surface area contributed by atoms with E-state index in [2.05, 4.69) is 30.9 Å². The van der Waals surface area contributed by atoms with Crippen LogP contribution in [-0.2, 0) is 5.41 Å². The second-order valence-electron chi connectivity index (χ2n) is 4.69. The van der Waals surface area contributed by atoms with Crippen LogP contribution in [0, 0.1) is 0 Å². The Morgan fingerprint density at radius 1 is 1.38 bits per heavy atom. The smallest absolute Gasteiger partial charge is 0.260 e. The molecule has 4 nitrogen and oxygen atoms in total. The fraction of sp³-hybridized carbons (Fsp3) is 0.364. The van der Waals surface area contributed by atoms with Gasteiger partial charge < -0.3 is 4.98 Å². The molecule has 0 aliphatic rings. The van der Waals surface area contributed by atoms with Crippen LogP contribution in [0.25, 0.3) is 11.0 Å². The van der Waals surface area contributed by atoms with Crippen LogP contribution in [0.5, 0.6) is 0 Å². The van der Waals surface area contributed by atoms with Gasteiger partial charge in [-0.3, -0.25) is 4.79 Å². The summed E-state index contributed by atoms with van der Waals surface area (Å²) in [4.78, 5) is 23.1. The fourth-order valence-electron chi connectivity index (χ4n) is 1.35. The zero-order chi connectivity index (χ0) is 11.9. The first-order valence-corrected chi connectivity index (χ1v) is 5.73. The zero-order valence-corrected chi connectivity index (χ0v) is 10.9. The van der Waals surface area contributed by atoms with Crippen molar-refractivity contribution in [2.45, 2.75) is 26.2 Å². The highest BCUT2D eigenvalue weighted by Gasteiger charge is 2.18. The average molecular weight is 282 g/mol. The van der Waals surface area contributed by atoms with Crippen LogP contribution in [-0.4, -0.2) is 15.0 Å². The summed E-state index contributed by atoms with van der Waals surface area (Å²) in [6.45, 7) is 5.99. The molecule has 2 heterocycles. The molecule has 0 radical (unpaired) electrons. The average Bonchev–Trinajstić information content (AvgIpc) is 2.17. The van der Waals surface area contributed by atoms with Gasteiger partial charge in [0.15, 0.2) is 5.65 Å². The molecule has 5 heteroatoms. The van der Waals surface area contributed by atoms with Gasteiger partial charge in [-0.2, -0.15) is 0 Å². The molecule has 0 spiro atoms. The number of pyridine rings is 1. The number of H-pyrrole nitrogens is 1. The number of rotatable bonds is 0. The molecule has 0 saturated carbocycles. The van der Waals surface area contributed by atoms with E-state index in [9.17, 15) is 4.79 Å². The van der Waals surface area contributed by atoms with E-state index in [-0.39, 0.29) is 11.0 Å². The predicted octanol–water partition coefficient (Wildman–Crippen LogP) is 2.38. The van der Waals surface area contributed by atoms with Gasteiger partial charge in [0.2, 0.25) is 0 Å². The Balaban J connectivity index is 2.79. The van der Waals surface area contributed by atoms with Crippen molar-refractivity contribution in [3.63, 3.8) is 0 Å². The summed E-state index contributed by atoms with van der Waals surface area (Å²) in [5.41, 5.74) is 0.142. The second-order valence-corrected chi connectivity index (χ2v) is 5.60. The van der Waals surface area contributed by atoms with Crippen molar-refractivity contribution >= 4 is 27.0 Å². The van der Waals surface area contributed by atoms with Gasteiger partial charge in [-0.05, 0) is 22.0 Å². The Kier molecular flexibility index (Phi) is 2.58. The van der Waals surface area contributed by atoms with E-state index >= 15 is 0 Å². The molecule has 0 amide bonds. The lowest BCUT2D eigenvalue weighted by Crippen LogP contribution is -2.22. The molecule has 0 bridgehead atoms. The minimum atomic E-state index is -0.192. The van der Waals surface area contributed by atoms with Gasteiger partial charge in [-0.1, -0.05) is 20.8 Å². The van der Waals surface area contributed by atoms with E-state index in [4.69, 9.17) is 0 Å². The molecular weight excluding hydrogens is 270 g/mol. The number of halogens is 1. The van der Waals surface area contributed by atoms with Gasteiger partial charge in [0.25, 0.3) is 5.56 Å². The van der Waals surface area contributed by atoms with Gasteiger partial charge in [-0.25, -0.2) is 9.97 Å². The molecule has 16 heavy (non-hydrogen) atoms. The van der Waals surface area contributed by atoms with E-state index in [0.717, 1.165) is 4.47 Å². The molecule has 0 aliphatic carbocycles. The van der Waals surface area contributed by atoms with Gasteiger partial charge >= 0.3 is 0 Å². The van der Waals surface area contributed by atoms with E-state index in [0.29, 0.717) is 16.9 Å². The number of nitrogens with zero attached hydrogens (tertiary/aromatic N) is 2. The Hall–Kier alpha value is -1.23. The molecule has 84 valence electrons. The number of nitrogens with one attached hydrogen (secondary N) is 1. The molecule has 0 aromatic carbocycles. The van der Waals surface area contributed by atoms with E-state index < -0.39 is 0 Å². The van der Waals surface area contributed by atoms with Crippen molar-refractivity contribution in [3.8, 4) is 0 Å². The van der Waals surface area contributed by atoms with Crippen LogP contribution in [0.1, 0.15) is 26.6 Å².